The Hall–Kier alpha value is -1.70. The summed E-state index contributed by atoms with van der Waals surface area (Å²) in [4.78, 5) is 0. The monoisotopic (exact) mass is 442 g/mol. The first kappa shape index (κ1) is 26.6. The van der Waals surface area contributed by atoms with Crippen LogP contribution in [0.1, 0.15) is 127 Å². The molecular weight excluding hydrogens is 398 g/mol. The summed E-state index contributed by atoms with van der Waals surface area (Å²) in [5.41, 5.74) is 9.17. The zero-order valence-electron chi connectivity index (χ0n) is 22.4. The second-order valence-corrected chi connectivity index (χ2v) is 11.1. The van der Waals surface area contributed by atoms with E-state index in [2.05, 4.69) is 62.3 Å². The molecule has 2 rings (SSSR count). The van der Waals surface area contributed by atoms with Crippen LogP contribution in [-0.4, -0.2) is 0 Å². The number of halogens is 2. The Morgan fingerprint density at radius 2 is 1.16 bits per heavy atom. The minimum Gasteiger partial charge on any atom is -0.203 e. The first-order valence-corrected chi connectivity index (χ1v) is 12.4. The van der Waals surface area contributed by atoms with Gasteiger partial charge in [-0.1, -0.05) is 80.9 Å². The van der Waals surface area contributed by atoms with E-state index in [-0.39, 0.29) is 17.8 Å². The molecule has 0 aromatic heterocycles. The van der Waals surface area contributed by atoms with Gasteiger partial charge >= 0.3 is 0 Å². The lowest BCUT2D eigenvalue weighted by Gasteiger charge is -2.33. The fourth-order valence-electron chi connectivity index (χ4n) is 5.47. The Labute approximate surface area is 195 Å². The molecule has 1 aliphatic carbocycles. The zero-order valence-corrected chi connectivity index (χ0v) is 22.4. The Morgan fingerprint density at radius 3 is 1.56 bits per heavy atom. The predicted octanol–water partition coefficient (Wildman–Crippen LogP) is 10.1. The second kappa shape index (κ2) is 10.1. The molecule has 0 spiro atoms. The highest BCUT2D eigenvalue weighted by atomic mass is 19.2. The molecule has 0 atom stereocenters. The average molecular weight is 443 g/mol. The molecule has 1 aromatic rings. The van der Waals surface area contributed by atoms with Gasteiger partial charge in [0.25, 0.3) is 0 Å². The summed E-state index contributed by atoms with van der Waals surface area (Å²) in [6.07, 6.45) is 2.59. The molecule has 1 aliphatic rings. The first-order chi connectivity index (χ1) is 14.7. The molecular formula is C30H44F2. The van der Waals surface area contributed by atoms with E-state index >= 15 is 8.78 Å². The average Bonchev–Trinajstić information content (AvgIpc) is 2.66. The van der Waals surface area contributed by atoms with Gasteiger partial charge in [-0.3, -0.25) is 0 Å². The van der Waals surface area contributed by atoms with Crippen LogP contribution in [-0.2, 0) is 6.42 Å². The molecule has 178 valence electrons. The van der Waals surface area contributed by atoms with Crippen LogP contribution in [0, 0.1) is 18.8 Å². The van der Waals surface area contributed by atoms with Gasteiger partial charge in [-0.05, 0) is 88.8 Å². The maximum absolute atomic E-state index is 16.0. The van der Waals surface area contributed by atoms with Crippen molar-refractivity contribution in [2.24, 2.45) is 11.8 Å². The largest absolute Gasteiger partial charge is 0.203 e. The highest BCUT2D eigenvalue weighted by Gasteiger charge is 2.32. The number of allylic oxidation sites excluding steroid dienone is 6. The highest BCUT2D eigenvalue weighted by molar-refractivity contribution is 5.85. The van der Waals surface area contributed by atoms with Crippen molar-refractivity contribution in [3.63, 3.8) is 0 Å². The molecule has 0 aliphatic heterocycles. The summed E-state index contributed by atoms with van der Waals surface area (Å²) >= 11 is 0. The van der Waals surface area contributed by atoms with Gasteiger partial charge in [0.1, 0.15) is 0 Å². The number of hydrogen-bond acceptors (Lipinski definition) is 0. The summed E-state index contributed by atoms with van der Waals surface area (Å²) < 4.78 is 31.5. The predicted molar refractivity (Wildman–Crippen MR) is 137 cm³/mol. The number of hydrogen-bond donors (Lipinski definition) is 0. The number of fused-ring (bicyclic) bond motifs is 1. The SMILES string of the molecule is CC1=C(C(C)C)Cc2c(C)c(C(C)C)c(C(C)C)c(C(C)C)c2/C(=C\C(C)C)C(F)=C1F. The van der Waals surface area contributed by atoms with Crippen LogP contribution in [0.5, 0.6) is 0 Å². The zero-order chi connectivity index (χ0) is 24.7. The standard InChI is InChI=1S/C30H44F2/c1-15(2)13-24-28-23(14-22(16(3)4)21(12)29(31)30(24)32)20(11)25(17(5)6)26(18(7)8)27(28)19(9)10/h13,15-19H,14H2,1-12H3/b22-21?,24-13+,30-29?. The second-order valence-electron chi connectivity index (χ2n) is 11.1. The van der Waals surface area contributed by atoms with Crippen molar-refractivity contribution in [1.82, 2.24) is 0 Å². The normalized spacial score (nSPS) is 16.9. The van der Waals surface area contributed by atoms with E-state index in [1.807, 2.05) is 19.9 Å². The molecule has 0 unspecified atom stereocenters. The summed E-state index contributed by atoms with van der Waals surface area (Å²) in [7, 11) is 0. The lowest BCUT2D eigenvalue weighted by atomic mass is 9.71. The van der Waals surface area contributed by atoms with Crippen molar-refractivity contribution in [3.8, 4) is 0 Å². The fraction of sp³-hybridized carbons (Fsp3) is 0.600. The summed E-state index contributed by atoms with van der Waals surface area (Å²) in [5, 5.41) is 0. The van der Waals surface area contributed by atoms with E-state index in [0.29, 0.717) is 29.4 Å². The minimum atomic E-state index is -0.705. The Morgan fingerprint density at radius 1 is 0.656 bits per heavy atom. The first-order valence-electron chi connectivity index (χ1n) is 12.4. The van der Waals surface area contributed by atoms with Gasteiger partial charge in [0.2, 0.25) is 0 Å². The quantitative estimate of drug-likeness (QED) is 0.425. The van der Waals surface area contributed by atoms with Gasteiger partial charge in [0.15, 0.2) is 11.7 Å². The molecule has 1 aromatic carbocycles. The number of benzene rings is 1. The van der Waals surface area contributed by atoms with Crippen LogP contribution in [0.4, 0.5) is 8.78 Å². The van der Waals surface area contributed by atoms with Crippen LogP contribution in [0.3, 0.4) is 0 Å². The third kappa shape index (κ3) is 4.80. The minimum absolute atomic E-state index is 0.109. The molecule has 0 fully saturated rings. The van der Waals surface area contributed by atoms with E-state index in [1.165, 1.54) is 27.8 Å². The molecule has 0 nitrogen and oxygen atoms in total. The molecule has 0 N–H and O–H groups in total. The molecule has 0 heterocycles. The van der Waals surface area contributed by atoms with Crippen LogP contribution in [0.25, 0.3) is 5.57 Å². The fourth-order valence-corrected chi connectivity index (χ4v) is 5.47. The maximum Gasteiger partial charge on any atom is 0.166 e. The van der Waals surface area contributed by atoms with E-state index in [1.54, 1.807) is 6.92 Å². The van der Waals surface area contributed by atoms with Crippen molar-refractivity contribution in [2.75, 3.05) is 0 Å². The van der Waals surface area contributed by atoms with Gasteiger partial charge < -0.3 is 0 Å². The molecule has 0 saturated heterocycles. The Kier molecular flexibility index (Phi) is 8.35. The topological polar surface area (TPSA) is 0 Å². The van der Waals surface area contributed by atoms with Gasteiger partial charge in [-0.15, -0.1) is 0 Å². The molecule has 0 radical (unpaired) electrons. The van der Waals surface area contributed by atoms with Crippen molar-refractivity contribution < 1.29 is 8.78 Å². The number of rotatable bonds is 5. The Balaban J connectivity index is 3.27. The summed E-state index contributed by atoms with van der Waals surface area (Å²) in [6, 6.07) is 0. The third-order valence-electron chi connectivity index (χ3n) is 6.81. The van der Waals surface area contributed by atoms with Crippen molar-refractivity contribution >= 4 is 5.57 Å². The van der Waals surface area contributed by atoms with E-state index < -0.39 is 11.7 Å². The van der Waals surface area contributed by atoms with Crippen LogP contribution in [0.15, 0.2) is 28.9 Å². The Bertz CT molecular complexity index is 963. The van der Waals surface area contributed by atoms with Gasteiger partial charge in [0, 0.05) is 5.57 Å². The van der Waals surface area contributed by atoms with E-state index in [4.69, 9.17) is 0 Å². The van der Waals surface area contributed by atoms with Crippen molar-refractivity contribution in [3.05, 3.63) is 62.3 Å². The smallest absolute Gasteiger partial charge is 0.166 e. The highest BCUT2D eigenvalue weighted by Crippen LogP contribution is 2.48. The van der Waals surface area contributed by atoms with Gasteiger partial charge in [-0.2, -0.15) is 0 Å². The van der Waals surface area contributed by atoms with Crippen LogP contribution in [0.2, 0.25) is 0 Å². The van der Waals surface area contributed by atoms with Crippen LogP contribution < -0.4 is 0 Å². The summed E-state index contributed by atoms with van der Waals surface area (Å²) in [5.74, 6) is -0.274. The molecule has 0 bridgehead atoms. The molecule has 2 heteroatoms. The summed E-state index contributed by atoms with van der Waals surface area (Å²) in [6.45, 7) is 25.5. The van der Waals surface area contributed by atoms with Crippen molar-refractivity contribution in [2.45, 2.75) is 107 Å². The van der Waals surface area contributed by atoms with Gasteiger partial charge in [-0.25, -0.2) is 8.78 Å². The van der Waals surface area contributed by atoms with E-state index in [9.17, 15) is 0 Å². The third-order valence-corrected chi connectivity index (χ3v) is 6.81. The molecule has 0 saturated carbocycles. The molecule has 32 heavy (non-hydrogen) atoms. The lowest BCUT2D eigenvalue weighted by molar-refractivity contribution is 0.557. The van der Waals surface area contributed by atoms with Crippen molar-refractivity contribution in [1.29, 1.82) is 0 Å². The molecule has 0 amide bonds. The van der Waals surface area contributed by atoms with Gasteiger partial charge in [0.05, 0.1) is 0 Å². The van der Waals surface area contributed by atoms with E-state index in [0.717, 1.165) is 11.1 Å². The lowest BCUT2D eigenvalue weighted by Crippen LogP contribution is -2.18. The maximum atomic E-state index is 16.0. The van der Waals surface area contributed by atoms with Crippen LogP contribution >= 0.6 is 0 Å².